The SMILES string of the molecule is O=C(O)CCC(NC(=O)OCc1ccccc1)P(=O)(O)Cc1cccc(-c2ccccc2)c1. The lowest BCUT2D eigenvalue weighted by Crippen LogP contribution is -2.36. The first-order chi connectivity index (χ1) is 15.8. The highest BCUT2D eigenvalue weighted by molar-refractivity contribution is 7.57. The van der Waals surface area contributed by atoms with Crippen molar-refractivity contribution in [3.63, 3.8) is 0 Å². The third-order valence-electron chi connectivity index (χ3n) is 5.06. The Bertz CT molecular complexity index is 1120. The number of carbonyl (C=O) groups excluding carboxylic acids is 1. The van der Waals surface area contributed by atoms with E-state index >= 15 is 0 Å². The fourth-order valence-electron chi connectivity index (χ4n) is 3.39. The second kappa shape index (κ2) is 11.5. The van der Waals surface area contributed by atoms with Gasteiger partial charge in [0.2, 0.25) is 7.37 Å². The molecule has 0 spiro atoms. The third kappa shape index (κ3) is 7.59. The van der Waals surface area contributed by atoms with E-state index in [1.54, 1.807) is 36.4 Å². The Morgan fingerprint density at radius 1 is 0.879 bits per heavy atom. The van der Waals surface area contributed by atoms with Gasteiger partial charge in [-0.1, -0.05) is 84.9 Å². The second-order valence-electron chi connectivity index (χ2n) is 7.63. The first-order valence-corrected chi connectivity index (χ1v) is 12.4. The van der Waals surface area contributed by atoms with E-state index in [1.807, 2.05) is 48.5 Å². The Hall–Kier alpha value is -3.41. The number of amides is 1. The molecule has 0 saturated carbocycles. The maximum atomic E-state index is 13.2. The van der Waals surface area contributed by atoms with Crippen molar-refractivity contribution < 1.29 is 28.9 Å². The summed E-state index contributed by atoms with van der Waals surface area (Å²) in [6.07, 6.45) is -1.64. The summed E-state index contributed by atoms with van der Waals surface area (Å²) in [6, 6.07) is 25.9. The second-order valence-corrected chi connectivity index (χ2v) is 10.1. The van der Waals surface area contributed by atoms with Gasteiger partial charge in [-0.2, -0.15) is 0 Å². The molecular weight excluding hydrogens is 441 g/mol. The topological polar surface area (TPSA) is 113 Å². The summed E-state index contributed by atoms with van der Waals surface area (Å²) in [5.41, 5.74) is 3.24. The lowest BCUT2D eigenvalue weighted by atomic mass is 10.0. The third-order valence-corrected chi connectivity index (χ3v) is 7.24. The van der Waals surface area contributed by atoms with Crippen LogP contribution in [-0.4, -0.2) is 27.8 Å². The van der Waals surface area contributed by atoms with Crippen LogP contribution in [0.25, 0.3) is 11.1 Å². The zero-order valence-corrected chi connectivity index (χ0v) is 18.9. The fourth-order valence-corrected chi connectivity index (χ4v) is 5.17. The lowest BCUT2D eigenvalue weighted by Gasteiger charge is -2.24. The van der Waals surface area contributed by atoms with Crippen LogP contribution in [0.5, 0.6) is 0 Å². The van der Waals surface area contributed by atoms with Gasteiger partial charge in [0.1, 0.15) is 12.4 Å². The first kappa shape index (κ1) is 24.2. The molecule has 0 bridgehead atoms. The molecule has 3 N–H and O–H groups in total. The van der Waals surface area contributed by atoms with Crippen LogP contribution in [0.2, 0.25) is 0 Å². The van der Waals surface area contributed by atoms with E-state index in [0.717, 1.165) is 16.7 Å². The summed E-state index contributed by atoms with van der Waals surface area (Å²) in [4.78, 5) is 34.2. The highest BCUT2D eigenvalue weighted by Crippen LogP contribution is 2.50. The number of rotatable bonds is 10. The number of hydrogen-bond acceptors (Lipinski definition) is 4. The number of carboxylic acids is 1. The van der Waals surface area contributed by atoms with Crippen molar-refractivity contribution >= 4 is 19.4 Å². The van der Waals surface area contributed by atoms with E-state index in [4.69, 9.17) is 9.84 Å². The Balaban J connectivity index is 1.71. The molecule has 1 amide bonds. The molecule has 0 fully saturated rings. The van der Waals surface area contributed by atoms with E-state index in [9.17, 15) is 19.0 Å². The van der Waals surface area contributed by atoms with Gasteiger partial charge in [-0.25, -0.2) is 4.79 Å². The van der Waals surface area contributed by atoms with E-state index in [1.165, 1.54) is 0 Å². The summed E-state index contributed by atoms with van der Waals surface area (Å²) in [5.74, 6) is -2.37. The largest absolute Gasteiger partial charge is 0.481 e. The van der Waals surface area contributed by atoms with Gasteiger partial charge in [0.15, 0.2) is 0 Å². The molecule has 0 aliphatic heterocycles. The van der Waals surface area contributed by atoms with E-state index in [2.05, 4.69) is 5.32 Å². The van der Waals surface area contributed by atoms with Crippen LogP contribution in [-0.2, 0) is 26.9 Å². The van der Waals surface area contributed by atoms with Gasteiger partial charge in [-0.3, -0.25) is 9.36 Å². The number of benzene rings is 3. The molecule has 0 aromatic heterocycles. The molecular formula is C25H26NO6P. The highest BCUT2D eigenvalue weighted by atomic mass is 31.2. The van der Waals surface area contributed by atoms with Crippen molar-refractivity contribution in [1.82, 2.24) is 5.32 Å². The van der Waals surface area contributed by atoms with Gasteiger partial charge < -0.3 is 20.1 Å². The molecule has 0 radical (unpaired) electrons. The molecule has 8 heteroatoms. The van der Waals surface area contributed by atoms with E-state index < -0.39 is 25.2 Å². The number of ether oxygens (including phenoxy) is 1. The van der Waals surface area contributed by atoms with Crippen molar-refractivity contribution in [1.29, 1.82) is 0 Å². The van der Waals surface area contributed by atoms with Gasteiger partial charge in [-0.15, -0.1) is 0 Å². The van der Waals surface area contributed by atoms with Crippen LogP contribution in [0.15, 0.2) is 84.9 Å². The summed E-state index contributed by atoms with van der Waals surface area (Å²) >= 11 is 0. The minimum absolute atomic E-state index is 0.00677. The predicted octanol–water partition coefficient (Wildman–Crippen LogP) is 5.24. The number of carbonyl (C=O) groups is 2. The van der Waals surface area contributed by atoms with Crippen LogP contribution in [0, 0.1) is 0 Å². The quantitative estimate of drug-likeness (QED) is 0.352. The molecule has 0 aliphatic carbocycles. The molecule has 0 heterocycles. The van der Waals surface area contributed by atoms with Crippen molar-refractivity contribution in [3.05, 3.63) is 96.1 Å². The molecule has 33 heavy (non-hydrogen) atoms. The summed E-state index contributed by atoms with van der Waals surface area (Å²) in [6.45, 7) is -0.00677. The molecule has 2 unspecified atom stereocenters. The highest BCUT2D eigenvalue weighted by Gasteiger charge is 2.33. The monoisotopic (exact) mass is 467 g/mol. The lowest BCUT2D eigenvalue weighted by molar-refractivity contribution is -0.137. The van der Waals surface area contributed by atoms with Gasteiger partial charge in [0, 0.05) is 6.42 Å². The molecule has 7 nitrogen and oxygen atoms in total. The molecule has 2 atom stereocenters. The summed E-state index contributed by atoms with van der Waals surface area (Å²) in [7, 11) is -4.02. The number of nitrogens with one attached hydrogen (secondary N) is 1. The van der Waals surface area contributed by atoms with Gasteiger partial charge in [-0.05, 0) is 28.7 Å². The van der Waals surface area contributed by atoms with Gasteiger partial charge >= 0.3 is 12.1 Å². The average molecular weight is 467 g/mol. The van der Waals surface area contributed by atoms with Crippen LogP contribution in [0.1, 0.15) is 24.0 Å². The molecule has 0 aliphatic rings. The normalized spacial score (nSPS) is 13.5. The fraction of sp³-hybridized carbons (Fsp3) is 0.200. The number of alkyl carbamates (subject to hydrolysis) is 1. The first-order valence-electron chi connectivity index (χ1n) is 10.5. The molecule has 3 rings (SSSR count). The predicted molar refractivity (Wildman–Crippen MR) is 126 cm³/mol. The van der Waals surface area contributed by atoms with Crippen LogP contribution < -0.4 is 5.32 Å². The molecule has 0 saturated heterocycles. The van der Waals surface area contributed by atoms with E-state index in [0.29, 0.717) is 5.56 Å². The minimum atomic E-state index is -4.02. The van der Waals surface area contributed by atoms with Gasteiger partial charge in [0.25, 0.3) is 0 Å². The zero-order valence-electron chi connectivity index (χ0n) is 18.0. The smallest absolute Gasteiger partial charge is 0.408 e. The van der Waals surface area contributed by atoms with Crippen molar-refractivity contribution in [2.45, 2.75) is 31.4 Å². The number of carboxylic acid groups (broad SMARTS) is 1. The zero-order chi connectivity index (χ0) is 23.7. The van der Waals surface area contributed by atoms with E-state index in [-0.39, 0.29) is 25.6 Å². The van der Waals surface area contributed by atoms with Gasteiger partial charge in [0.05, 0.1) is 6.16 Å². The molecule has 172 valence electrons. The molecule has 3 aromatic rings. The Morgan fingerprint density at radius 3 is 2.15 bits per heavy atom. The minimum Gasteiger partial charge on any atom is -0.481 e. The maximum absolute atomic E-state index is 13.2. The summed E-state index contributed by atoms with van der Waals surface area (Å²) in [5, 5.41) is 11.5. The van der Waals surface area contributed by atoms with Crippen LogP contribution in [0.3, 0.4) is 0 Å². The number of hydrogen-bond donors (Lipinski definition) is 3. The van der Waals surface area contributed by atoms with Crippen molar-refractivity contribution in [2.75, 3.05) is 0 Å². The van der Waals surface area contributed by atoms with Crippen molar-refractivity contribution in [2.24, 2.45) is 0 Å². The van der Waals surface area contributed by atoms with Crippen LogP contribution in [0.4, 0.5) is 4.79 Å². The average Bonchev–Trinajstić information content (AvgIpc) is 2.81. The summed E-state index contributed by atoms with van der Waals surface area (Å²) < 4.78 is 18.4. The molecule has 3 aromatic carbocycles. The standard InChI is InChI=1S/C25H26NO6P/c27-24(28)15-14-23(26-25(29)32-17-19-8-3-1-4-9-19)33(30,31)18-20-10-7-13-22(16-20)21-11-5-2-6-12-21/h1-13,16,23H,14-15,17-18H2,(H,26,29)(H,27,28)(H,30,31). The van der Waals surface area contributed by atoms with Crippen LogP contribution >= 0.6 is 7.37 Å². The Morgan fingerprint density at radius 2 is 1.48 bits per heavy atom. The van der Waals surface area contributed by atoms with Crippen molar-refractivity contribution in [3.8, 4) is 11.1 Å². The Labute approximate surface area is 192 Å². The Kier molecular flexibility index (Phi) is 8.41. The number of aliphatic carboxylic acids is 1. The maximum Gasteiger partial charge on any atom is 0.408 e.